The molecule has 5 nitrogen and oxygen atoms in total. The molecule has 0 amide bonds. The smallest absolute Gasteiger partial charge is 0.188 e. The molecule has 0 radical (unpaired) electrons. The first-order valence-electron chi connectivity index (χ1n) is 6.74. The van der Waals surface area contributed by atoms with Crippen LogP contribution in [0.1, 0.15) is 38.3 Å². The maximum atomic E-state index is 5.78. The summed E-state index contributed by atoms with van der Waals surface area (Å²) >= 11 is 0. The molecule has 1 rings (SSSR count). The van der Waals surface area contributed by atoms with Gasteiger partial charge in [-0.15, -0.1) is 0 Å². The van der Waals surface area contributed by atoms with Crippen molar-refractivity contribution in [3.05, 3.63) is 18.0 Å². The van der Waals surface area contributed by atoms with Gasteiger partial charge in [0, 0.05) is 38.4 Å². The van der Waals surface area contributed by atoms with Crippen LogP contribution in [0.3, 0.4) is 0 Å². The molecule has 0 bridgehead atoms. The van der Waals surface area contributed by atoms with Crippen LogP contribution in [0.4, 0.5) is 0 Å². The van der Waals surface area contributed by atoms with Gasteiger partial charge in [-0.05, 0) is 12.5 Å². The lowest BCUT2D eigenvalue weighted by atomic mass is 10.2. The summed E-state index contributed by atoms with van der Waals surface area (Å²) in [7, 11) is 1.94. The fourth-order valence-corrected chi connectivity index (χ4v) is 1.76. The Morgan fingerprint density at radius 3 is 2.94 bits per heavy atom. The molecule has 1 aromatic rings. The molecule has 0 fully saturated rings. The maximum Gasteiger partial charge on any atom is 0.188 e. The van der Waals surface area contributed by atoms with Gasteiger partial charge in [0.1, 0.15) is 0 Å². The number of nitrogens with two attached hydrogens (primary N) is 1. The number of unbranched alkanes of at least 4 members (excludes halogenated alkanes) is 3. The third-order valence-electron chi connectivity index (χ3n) is 2.90. The molecule has 18 heavy (non-hydrogen) atoms. The lowest BCUT2D eigenvalue weighted by molar-refractivity contribution is 0.671. The Hall–Kier alpha value is -1.52. The first kappa shape index (κ1) is 14.5. The molecule has 0 aliphatic rings. The molecular weight excluding hydrogens is 226 g/mol. The minimum Gasteiger partial charge on any atom is -0.370 e. The zero-order valence-corrected chi connectivity index (χ0v) is 11.5. The molecule has 0 aromatic carbocycles. The topological polar surface area (TPSA) is 68.2 Å². The number of aryl methyl sites for hydroxylation is 1. The van der Waals surface area contributed by atoms with Crippen molar-refractivity contribution in [1.82, 2.24) is 15.1 Å². The van der Waals surface area contributed by atoms with Crippen molar-refractivity contribution < 1.29 is 0 Å². The van der Waals surface area contributed by atoms with Gasteiger partial charge in [-0.3, -0.25) is 9.67 Å². The van der Waals surface area contributed by atoms with E-state index in [0.717, 1.165) is 25.9 Å². The van der Waals surface area contributed by atoms with Crippen molar-refractivity contribution in [2.75, 3.05) is 13.1 Å². The lowest BCUT2D eigenvalue weighted by Gasteiger charge is -2.06. The molecule has 1 heterocycles. The Morgan fingerprint density at radius 1 is 1.44 bits per heavy atom. The van der Waals surface area contributed by atoms with E-state index in [2.05, 4.69) is 22.3 Å². The van der Waals surface area contributed by atoms with Crippen LogP contribution in [0.25, 0.3) is 0 Å². The Labute approximate surface area is 109 Å². The van der Waals surface area contributed by atoms with E-state index in [1.54, 1.807) is 6.20 Å². The number of guanidine groups is 1. The fourth-order valence-electron chi connectivity index (χ4n) is 1.76. The maximum absolute atomic E-state index is 5.78. The molecule has 0 saturated heterocycles. The van der Waals surface area contributed by atoms with E-state index in [0.29, 0.717) is 5.96 Å². The number of hydrogen-bond donors (Lipinski definition) is 2. The average molecular weight is 251 g/mol. The van der Waals surface area contributed by atoms with E-state index in [-0.39, 0.29) is 0 Å². The zero-order valence-electron chi connectivity index (χ0n) is 11.5. The van der Waals surface area contributed by atoms with Crippen molar-refractivity contribution in [3.8, 4) is 0 Å². The van der Waals surface area contributed by atoms with Crippen LogP contribution in [0.5, 0.6) is 0 Å². The third kappa shape index (κ3) is 5.70. The summed E-state index contributed by atoms with van der Waals surface area (Å²) in [6.07, 6.45) is 7.61. The van der Waals surface area contributed by atoms with Crippen molar-refractivity contribution in [2.45, 2.75) is 39.0 Å². The van der Waals surface area contributed by atoms with Gasteiger partial charge in [0.15, 0.2) is 5.96 Å². The summed E-state index contributed by atoms with van der Waals surface area (Å²) in [6.45, 7) is 3.83. The minimum absolute atomic E-state index is 0.550. The predicted molar refractivity (Wildman–Crippen MR) is 75.5 cm³/mol. The van der Waals surface area contributed by atoms with Gasteiger partial charge in [-0.1, -0.05) is 26.2 Å². The van der Waals surface area contributed by atoms with Gasteiger partial charge in [-0.25, -0.2) is 0 Å². The van der Waals surface area contributed by atoms with Gasteiger partial charge in [0.25, 0.3) is 0 Å². The van der Waals surface area contributed by atoms with E-state index < -0.39 is 0 Å². The molecule has 0 aliphatic heterocycles. The Morgan fingerprint density at radius 2 is 2.28 bits per heavy atom. The normalized spacial score (nSPS) is 11.8. The van der Waals surface area contributed by atoms with Crippen molar-refractivity contribution >= 4 is 5.96 Å². The second kappa shape index (κ2) is 8.55. The predicted octanol–water partition coefficient (Wildman–Crippen LogP) is 1.45. The molecule has 102 valence electrons. The first-order valence-corrected chi connectivity index (χ1v) is 6.74. The Bertz CT molecular complexity index is 356. The minimum atomic E-state index is 0.550. The standard InChI is InChI=1S/C13H25N5/c1-3-4-5-6-9-15-13(14)16-10-7-12-8-11-17-18(12)2/h8,11H,3-7,9-10H2,1-2H3,(H3,14,15,16). The molecule has 0 atom stereocenters. The number of nitrogens with one attached hydrogen (secondary N) is 1. The third-order valence-corrected chi connectivity index (χ3v) is 2.90. The summed E-state index contributed by atoms with van der Waals surface area (Å²) in [5, 5.41) is 7.25. The van der Waals surface area contributed by atoms with Gasteiger partial charge in [0.05, 0.1) is 0 Å². The van der Waals surface area contributed by atoms with Crippen LogP contribution >= 0.6 is 0 Å². The lowest BCUT2D eigenvalue weighted by Crippen LogP contribution is -2.33. The van der Waals surface area contributed by atoms with Crippen LogP contribution in [0.2, 0.25) is 0 Å². The second-order valence-corrected chi connectivity index (χ2v) is 4.45. The highest BCUT2D eigenvalue weighted by Gasteiger charge is 1.98. The summed E-state index contributed by atoms with van der Waals surface area (Å²) in [5.41, 5.74) is 6.98. The van der Waals surface area contributed by atoms with Gasteiger partial charge >= 0.3 is 0 Å². The molecule has 0 unspecified atom stereocenters. The highest BCUT2D eigenvalue weighted by molar-refractivity contribution is 5.77. The molecule has 0 aliphatic carbocycles. The first-order chi connectivity index (χ1) is 8.74. The molecular formula is C13H25N5. The largest absolute Gasteiger partial charge is 0.370 e. The summed E-state index contributed by atoms with van der Waals surface area (Å²) in [5.74, 6) is 0.550. The van der Waals surface area contributed by atoms with Crippen molar-refractivity contribution in [1.29, 1.82) is 0 Å². The van der Waals surface area contributed by atoms with E-state index in [9.17, 15) is 0 Å². The monoisotopic (exact) mass is 251 g/mol. The van der Waals surface area contributed by atoms with Gasteiger partial charge in [-0.2, -0.15) is 5.10 Å². The van der Waals surface area contributed by atoms with E-state index in [1.165, 1.54) is 25.0 Å². The van der Waals surface area contributed by atoms with Gasteiger partial charge in [0.2, 0.25) is 0 Å². The van der Waals surface area contributed by atoms with Gasteiger partial charge < -0.3 is 11.1 Å². The summed E-state index contributed by atoms with van der Waals surface area (Å²) < 4.78 is 1.87. The summed E-state index contributed by atoms with van der Waals surface area (Å²) in [4.78, 5) is 4.30. The van der Waals surface area contributed by atoms with Crippen LogP contribution in [-0.4, -0.2) is 28.8 Å². The van der Waals surface area contributed by atoms with Crippen LogP contribution < -0.4 is 11.1 Å². The van der Waals surface area contributed by atoms with E-state index in [1.807, 2.05) is 17.8 Å². The molecule has 0 spiro atoms. The van der Waals surface area contributed by atoms with Crippen LogP contribution in [-0.2, 0) is 13.5 Å². The zero-order chi connectivity index (χ0) is 13.2. The number of aromatic nitrogens is 2. The van der Waals surface area contributed by atoms with Crippen LogP contribution in [0.15, 0.2) is 17.3 Å². The molecule has 0 saturated carbocycles. The van der Waals surface area contributed by atoms with Crippen molar-refractivity contribution in [3.63, 3.8) is 0 Å². The highest BCUT2D eigenvalue weighted by Crippen LogP contribution is 1.98. The molecule has 5 heteroatoms. The number of rotatable bonds is 8. The number of aliphatic imine (C=N–C) groups is 1. The second-order valence-electron chi connectivity index (χ2n) is 4.45. The number of hydrogen-bond acceptors (Lipinski definition) is 2. The summed E-state index contributed by atoms with van der Waals surface area (Å²) in [6, 6.07) is 2.01. The van der Waals surface area contributed by atoms with Crippen LogP contribution in [0, 0.1) is 0 Å². The van der Waals surface area contributed by atoms with E-state index in [4.69, 9.17) is 5.73 Å². The Kier molecular flexibility index (Phi) is 6.91. The quantitative estimate of drug-likeness (QED) is 0.417. The van der Waals surface area contributed by atoms with Crippen molar-refractivity contribution in [2.24, 2.45) is 17.8 Å². The molecule has 1 aromatic heterocycles. The average Bonchev–Trinajstić information content (AvgIpc) is 2.75. The van der Waals surface area contributed by atoms with E-state index >= 15 is 0 Å². The Balaban J connectivity index is 2.11. The highest BCUT2D eigenvalue weighted by atomic mass is 15.3. The SMILES string of the molecule is CCCCCCN=C(N)NCCc1ccnn1C. The molecule has 3 N–H and O–H groups in total. The fraction of sp³-hybridized carbons (Fsp3) is 0.692. The number of nitrogens with zero attached hydrogens (tertiary/aromatic N) is 3.